The fourth-order valence-corrected chi connectivity index (χ4v) is 12.2. The topological polar surface area (TPSA) is 237 Å². The molecule has 98 heavy (non-hydrogen) atoms. The number of carbonyl (C=O) groups excluding carboxylic acids is 4. The van der Waals surface area contributed by atoms with Crippen LogP contribution in [0, 0.1) is 0 Å². The van der Waals surface area contributed by atoms with Gasteiger partial charge in [0.05, 0.1) is 26.4 Å². The largest absolute Gasteiger partial charge is 0.472 e. The summed E-state index contributed by atoms with van der Waals surface area (Å²) in [7, 11) is -9.96. The molecule has 0 aliphatic heterocycles. The van der Waals surface area contributed by atoms with Gasteiger partial charge in [-0.3, -0.25) is 37.3 Å². The molecule has 0 aliphatic rings. The maximum Gasteiger partial charge on any atom is 0.472 e. The van der Waals surface area contributed by atoms with Gasteiger partial charge in [0, 0.05) is 25.7 Å². The normalized spacial score (nSPS) is 14.3. The van der Waals surface area contributed by atoms with Crippen LogP contribution in [0.15, 0.2) is 72.9 Å². The second kappa shape index (κ2) is 71.9. The highest BCUT2D eigenvalue weighted by Gasteiger charge is 2.30. The Morgan fingerprint density at radius 1 is 0.286 bits per heavy atom. The van der Waals surface area contributed by atoms with Crippen LogP contribution in [-0.4, -0.2) is 96.7 Å². The number of aliphatic hydroxyl groups is 1. The summed E-state index contributed by atoms with van der Waals surface area (Å²) in [4.78, 5) is 72.8. The van der Waals surface area contributed by atoms with Crippen molar-refractivity contribution in [2.75, 3.05) is 39.6 Å². The molecule has 0 bridgehead atoms. The van der Waals surface area contributed by atoms with Crippen LogP contribution in [0.3, 0.4) is 0 Å². The van der Waals surface area contributed by atoms with Crippen LogP contribution < -0.4 is 0 Å². The average molecular weight is 1430 g/mol. The summed E-state index contributed by atoms with van der Waals surface area (Å²) in [5.74, 6) is -2.23. The van der Waals surface area contributed by atoms with Crippen LogP contribution in [0.5, 0.6) is 0 Å². The number of esters is 4. The molecule has 0 aromatic heterocycles. The lowest BCUT2D eigenvalue weighted by molar-refractivity contribution is -0.161. The Labute approximate surface area is 596 Å². The zero-order valence-electron chi connectivity index (χ0n) is 62.2. The monoisotopic (exact) mass is 1420 g/mol. The number of allylic oxidation sites excluding steroid dienone is 12. The van der Waals surface area contributed by atoms with E-state index in [4.69, 9.17) is 37.0 Å². The number of rotatable bonds is 74. The number of phosphoric acid groups is 2. The lowest BCUT2D eigenvalue weighted by atomic mass is 10.0. The van der Waals surface area contributed by atoms with Crippen molar-refractivity contribution >= 4 is 39.5 Å². The first kappa shape index (κ1) is 94.5. The Kier molecular flexibility index (Phi) is 69.3. The van der Waals surface area contributed by atoms with Crippen LogP contribution >= 0.6 is 15.6 Å². The molecule has 0 spiro atoms. The van der Waals surface area contributed by atoms with E-state index >= 15 is 0 Å². The van der Waals surface area contributed by atoms with Gasteiger partial charge in [0.15, 0.2) is 12.2 Å². The summed E-state index contributed by atoms with van der Waals surface area (Å²) >= 11 is 0. The minimum Gasteiger partial charge on any atom is -0.462 e. The highest BCUT2D eigenvalue weighted by molar-refractivity contribution is 7.47. The lowest BCUT2D eigenvalue weighted by Gasteiger charge is -2.21. The number of hydrogen-bond acceptors (Lipinski definition) is 15. The number of carbonyl (C=O) groups is 4. The first-order valence-corrected chi connectivity index (χ1v) is 42.2. The van der Waals surface area contributed by atoms with Gasteiger partial charge in [-0.05, 0) is 116 Å². The fourth-order valence-electron chi connectivity index (χ4n) is 10.6. The number of phosphoric ester groups is 2. The van der Waals surface area contributed by atoms with Gasteiger partial charge >= 0.3 is 39.5 Å². The highest BCUT2D eigenvalue weighted by Crippen LogP contribution is 2.45. The van der Waals surface area contributed by atoms with Gasteiger partial charge in [0.1, 0.15) is 19.3 Å². The Morgan fingerprint density at radius 2 is 0.510 bits per heavy atom. The van der Waals surface area contributed by atoms with E-state index in [1.165, 1.54) is 141 Å². The van der Waals surface area contributed by atoms with Gasteiger partial charge in [0.2, 0.25) is 0 Å². The first-order chi connectivity index (χ1) is 47.7. The van der Waals surface area contributed by atoms with E-state index in [1.54, 1.807) is 0 Å². The Bertz CT molecular complexity index is 2140. The fraction of sp³-hybridized carbons (Fsp3) is 0.797. The second-order valence-electron chi connectivity index (χ2n) is 26.3. The van der Waals surface area contributed by atoms with Crippen molar-refractivity contribution in [2.45, 2.75) is 367 Å². The average Bonchev–Trinajstić information content (AvgIpc) is 1.02. The van der Waals surface area contributed by atoms with Crippen molar-refractivity contribution in [1.29, 1.82) is 0 Å². The third-order valence-electron chi connectivity index (χ3n) is 16.6. The minimum atomic E-state index is -4.98. The zero-order chi connectivity index (χ0) is 71.8. The number of unbranched alkanes of at least 4 members (excludes halogenated alkanes) is 36. The van der Waals surface area contributed by atoms with Gasteiger partial charge in [-0.1, -0.05) is 280 Å². The van der Waals surface area contributed by atoms with E-state index in [-0.39, 0.29) is 25.7 Å². The molecule has 570 valence electrons. The predicted molar refractivity (Wildman–Crippen MR) is 400 cm³/mol. The predicted octanol–water partition coefficient (Wildman–Crippen LogP) is 22.4. The van der Waals surface area contributed by atoms with Crippen molar-refractivity contribution in [2.24, 2.45) is 0 Å². The minimum absolute atomic E-state index is 0.0228. The molecule has 5 atom stereocenters. The number of hydrogen-bond donors (Lipinski definition) is 3. The first-order valence-electron chi connectivity index (χ1n) is 39.2. The van der Waals surface area contributed by atoms with Crippen LogP contribution in [0.25, 0.3) is 0 Å². The molecule has 0 fully saturated rings. The lowest BCUT2D eigenvalue weighted by Crippen LogP contribution is -2.30. The van der Waals surface area contributed by atoms with Crippen molar-refractivity contribution in [3.8, 4) is 0 Å². The molecule has 3 N–H and O–H groups in total. The quantitative estimate of drug-likeness (QED) is 0.0169. The van der Waals surface area contributed by atoms with E-state index in [0.717, 1.165) is 122 Å². The molecule has 0 rings (SSSR count). The Morgan fingerprint density at radius 3 is 0.847 bits per heavy atom. The van der Waals surface area contributed by atoms with Crippen molar-refractivity contribution in [3.63, 3.8) is 0 Å². The maximum atomic E-state index is 13.1. The highest BCUT2D eigenvalue weighted by atomic mass is 31.2. The van der Waals surface area contributed by atoms with Crippen molar-refractivity contribution < 1.29 is 80.2 Å². The molecule has 0 aromatic rings. The Balaban J connectivity index is 5.38. The Hall–Kier alpha value is -3.50. The molecule has 0 saturated carbocycles. The molecule has 0 saturated heterocycles. The van der Waals surface area contributed by atoms with E-state index in [1.807, 2.05) is 12.2 Å². The summed E-state index contributed by atoms with van der Waals surface area (Å²) in [5.41, 5.74) is 0. The maximum absolute atomic E-state index is 13.1. The summed E-state index contributed by atoms with van der Waals surface area (Å²) in [6, 6.07) is 0. The van der Waals surface area contributed by atoms with Gasteiger partial charge in [-0.2, -0.15) is 0 Å². The third-order valence-corrected chi connectivity index (χ3v) is 18.5. The molecule has 0 heterocycles. The molecule has 19 heteroatoms. The molecule has 0 aromatic carbocycles. The summed E-state index contributed by atoms with van der Waals surface area (Å²) in [6.07, 6.45) is 71.8. The van der Waals surface area contributed by atoms with Crippen LogP contribution in [0.4, 0.5) is 0 Å². The van der Waals surface area contributed by atoms with Crippen LogP contribution in [0.1, 0.15) is 349 Å². The smallest absolute Gasteiger partial charge is 0.462 e. The second-order valence-corrected chi connectivity index (χ2v) is 29.2. The van der Waals surface area contributed by atoms with E-state index in [2.05, 4.69) is 88.5 Å². The van der Waals surface area contributed by atoms with E-state index in [0.29, 0.717) is 32.1 Å². The van der Waals surface area contributed by atoms with E-state index < -0.39 is 97.5 Å². The summed E-state index contributed by atoms with van der Waals surface area (Å²) in [5, 5.41) is 10.6. The standard InChI is InChI=1S/C79H142O17P2/c1-5-9-13-17-21-25-29-33-35-36-38-42-46-50-54-58-62-66-79(84)96-75(69-89-76(81)63-59-55-51-47-43-39-31-27-23-19-15-11-7-3)72-94-98(87,88)92-68-73(80)67-91-97(85,86)93-71-74(95-78(83)65-61-57-53-49-45-40-32-28-24-20-16-12-8-4)70-90-77(82)64-60-56-52-48-44-41-37-34-30-26-22-18-14-10-6-2/h21,25,28,32-35,37-38,42,50,54,73-75,80H,5-20,22-24,26-27,29-31,36,39-41,43-49,51-53,55-72H2,1-4H3,(H,85,86)(H,87,88)/b25-21-,32-28-,35-33-,37-34-,42-38-,54-50-/t73-,74+,75+/m0/s1. The van der Waals surface area contributed by atoms with E-state index in [9.17, 15) is 43.2 Å². The van der Waals surface area contributed by atoms with Crippen molar-refractivity contribution in [1.82, 2.24) is 0 Å². The summed E-state index contributed by atoms with van der Waals surface area (Å²) < 4.78 is 68.4. The number of aliphatic hydroxyl groups excluding tert-OH is 1. The molecule has 0 aliphatic carbocycles. The molecular formula is C79H142O17P2. The van der Waals surface area contributed by atoms with Crippen LogP contribution in [-0.2, 0) is 65.4 Å². The molecular weight excluding hydrogens is 1280 g/mol. The summed E-state index contributed by atoms with van der Waals surface area (Å²) in [6.45, 7) is 4.79. The van der Waals surface area contributed by atoms with Gasteiger partial charge in [0.25, 0.3) is 0 Å². The molecule has 2 unspecified atom stereocenters. The van der Waals surface area contributed by atoms with Crippen molar-refractivity contribution in [3.05, 3.63) is 72.9 Å². The van der Waals surface area contributed by atoms with Gasteiger partial charge in [-0.15, -0.1) is 0 Å². The van der Waals surface area contributed by atoms with Gasteiger partial charge in [-0.25, -0.2) is 9.13 Å². The van der Waals surface area contributed by atoms with Gasteiger partial charge < -0.3 is 33.8 Å². The SMILES string of the molecule is CCCCC/C=C\C/C=C\C/C=C\C/C=C\CCCC(=O)O[C@H](COC(=O)CCCCCCCCCCCCCCC)COP(=O)(O)OC[C@@H](O)COP(=O)(O)OC[C@@H](COC(=O)CCCCCCC/C=C\CCCCCCCC)OC(=O)CCCCCCC/C=C\CCCCCC. The van der Waals surface area contributed by atoms with Crippen LogP contribution in [0.2, 0.25) is 0 Å². The number of ether oxygens (including phenoxy) is 4. The zero-order valence-corrected chi connectivity index (χ0v) is 64.0. The molecule has 0 radical (unpaired) electrons. The third kappa shape index (κ3) is 70.9. The molecule has 0 amide bonds. The molecule has 17 nitrogen and oxygen atoms in total.